The van der Waals surface area contributed by atoms with Crippen molar-refractivity contribution in [3.05, 3.63) is 15.7 Å². The van der Waals surface area contributed by atoms with Gasteiger partial charge in [-0.3, -0.25) is 0 Å². The molecular formula is C6H3BrN2O2S. The van der Waals surface area contributed by atoms with Crippen molar-refractivity contribution in [1.82, 2.24) is 9.97 Å². The van der Waals surface area contributed by atoms with Crippen LogP contribution in [0.3, 0.4) is 0 Å². The SMILES string of the molecule is O=C(O)c1[nH]c2scnc2c1Br. The van der Waals surface area contributed by atoms with Crippen molar-refractivity contribution < 1.29 is 9.90 Å². The minimum Gasteiger partial charge on any atom is -0.477 e. The molecule has 6 heteroatoms. The van der Waals surface area contributed by atoms with Crippen LogP contribution in [0.1, 0.15) is 10.5 Å². The second-order valence-corrected chi connectivity index (χ2v) is 3.80. The van der Waals surface area contributed by atoms with Gasteiger partial charge < -0.3 is 10.1 Å². The first-order valence-electron chi connectivity index (χ1n) is 3.04. The molecule has 0 unspecified atom stereocenters. The topological polar surface area (TPSA) is 66.0 Å². The van der Waals surface area contributed by atoms with E-state index in [4.69, 9.17) is 5.11 Å². The van der Waals surface area contributed by atoms with E-state index >= 15 is 0 Å². The summed E-state index contributed by atoms with van der Waals surface area (Å²) >= 11 is 4.54. The zero-order valence-electron chi connectivity index (χ0n) is 5.67. The molecular weight excluding hydrogens is 244 g/mol. The third kappa shape index (κ3) is 0.953. The summed E-state index contributed by atoms with van der Waals surface area (Å²) in [7, 11) is 0. The van der Waals surface area contributed by atoms with Gasteiger partial charge in [0, 0.05) is 0 Å². The second kappa shape index (κ2) is 2.56. The number of aromatic amines is 1. The van der Waals surface area contributed by atoms with Crippen LogP contribution in [0, 0.1) is 0 Å². The Balaban J connectivity index is 2.78. The summed E-state index contributed by atoms with van der Waals surface area (Å²) < 4.78 is 0.520. The lowest BCUT2D eigenvalue weighted by atomic mass is 10.4. The van der Waals surface area contributed by atoms with Crippen molar-refractivity contribution in [3.63, 3.8) is 0 Å². The standard InChI is InChI=1S/C6H3BrN2O2S/c7-2-3-5(12-1-8-3)9-4(2)6(10)11/h1,9H,(H,10,11). The first-order valence-corrected chi connectivity index (χ1v) is 4.71. The van der Waals surface area contributed by atoms with E-state index in [1.807, 2.05) is 0 Å². The molecule has 2 rings (SSSR count). The quantitative estimate of drug-likeness (QED) is 0.810. The summed E-state index contributed by atoms with van der Waals surface area (Å²) in [4.78, 5) is 18.1. The van der Waals surface area contributed by atoms with Gasteiger partial charge in [-0.1, -0.05) is 0 Å². The molecule has 0 atom stereocenters. The zero-order chi connectivity index (χ0) is 8.72. The van der Waals surface area contributed by atoms with Crippen LogP contribution in [0.4, 0.5) is 0 Å². The Hall–Kier alpha value is -0.880. The molecule has 0 aliphatic heterocycles. The van der Waals surface area contributed by atoms with E-state index in [1.54, 1.807) is 5.51 Å². The van der Waals surface area contributed by atoms with Gasteiger partial charge in [-0.25, -0.2) is 9.78 Å². The summed E-state index contributed by atoms with van der Waals surface area (Å²) in [6.45, 7) is 0. The number of rotatable bonds is 1. The molecule has 4 nitrogen and oxygen atoms in total. The van der Waals surface area contributed by atoms with E-state index in [1.165, 1.54) is 11.3 Å². The molecule has 12 heavy (non-hydrogen) atoms. The Morgan fingerprint density at radius 1 is 1.75 bits per heavy atom. The van der Waals surface area contributed by atoms with Gasteiger partial charge in [0.15, 0.2) is 0 Å². The lowest BCUT2D eigenvalue weighted by molar-refractivity contribution is 0.0690. The summed E-state index contributed by atoms with van der Waals surface area (Å²) in [5.41, 5.74) is 2.50. The van der Waals surface area contributed by atoms with Crippen LogP contribution in [0.15, 0.2) is 9.98 Å². The number of H-pyrrole nitrogens is 1. The van der Waals surface area contributed by atoms with E-state index in [2.05, 4.69) is 25.9 Å². The highest BCUT2D eigenvalue weighted by Gasteiger charge is 2.16. The number of nitrogens with zero attached hydrogens (tertiary/aromatic N) is 1. The molecule has 2 N–H and O–H groups in total. The Bertz CT molecular complexity index is 447. The van der Waals surface area contributed by atoms with Crippen molar-refractivity contribution in [1.29, 1.82) is 0 Å². The Morgan fingerprint density at radius 2 is 2.50 bits per heavy atom. The van der Waals surface area contributed by atoms with E-state index in [-0.39, 0.29) is 5.69 Å². The summed E-state index contributed by atoms with van der Waals surface area (Å²) in [5, 5.41) is 8.70. The van der Waals surface area contributed by atoms with Crippen LogP contribution in [-0.4, -0.2) is 21.0 Å². The monoisotopic (exact) mass is 246 g/mol. The fourth-order valence-electron chi connectivity index (χ4n) is 0.925. The van der Waals surface area contributed by atoms with Gasteiger partial charge in [0.1, 0.15) is 16.0 Å². The number of carboxylic acids is 1. The second-order valence-electron chi connectivity index (χ2n) is 2.15. The van der Waals surface area contributed by atoms with Gasteiger partial charge in [-0.05, 0) is 15.9 Å². The number of carbonyl (C=O) groups is 1. The third-order valence-electron chi connectivity index (χ3n) is 1.45. The molecule has 0 fully saturated rings. The van der Waals surface area contributed by atoms with E-state index < -0.39 is 5.97 Å². The van der Waals surface area contributed by atoms with Crippen LogP contribution in [0.2, 0.25) is 0 Å². The number of halogens is 1. The highest BCUT2D eigenvalue weighted by molar-refractivity contribution is 9.10. The van der Waals surface area contributed by atoms with Crippen molar-refractivity contribution in [2.75, 3.05) is 0 Å². The summed E-state index contributed by atoms with van der Waals surface area (Å²) in [6.07, 6.45) is 0. The summed E-state index contributed by atoms with van der Waals surface area (Å²) in [6, 6.07) is 0. The summed E-state index contributed by atoms with van der Waals surface area (Å²) in [5.74, 6) is -0.980. The number of fused-ring (bicyclic) bond motifs is 1. The number of aromatic nitrogens is 2. The average molecular weight is 247 g/mol. The van der Waals surface area contributed by atoms with E-state index in [0.29, 0.717) is 9.99 Å². The number of hydrogen-bond acceptors (Lipinski definition) is 3. The minimum absolute atomic E-state index is 0.157. The van der Waals surface area contributed by atoms with Crippen molar-refractivity contribution >= 4 is 43.6 Å². The van der Waals surface area contributed by atoms with Crippen molar-refractivity contribution in [3.8, 4) is 0 Å². The third-order valence-corrected chi connectivity index (χ3v) is 2.96. The molecule has 0 bridgehead atoms. The normalized spacial score (nSPS) is 10.8. The van der Waals surface area contributed by atoms with Crippen LogP contribution >= 0.6 is 27.3 Å². The molecule has 2 aromatic rings. The Kier molecular flexibility index (Phi) is 1.66. The first kappa shape index (κ1) is 7.75. The molecule has 0 spiro atoms. The number of carboxylic acid groups (broad SMARTS) is 1. The zero-order valence-corrected chi connectivity index (χ0v) is 8.07. The van der Waals surface area contributed by atoms with E-state index in [9.17, 15) is 4.79 Å². The molecule has 0 radical (unpaired) electrons. The van der Waals surface area contributed by atoms with Gasteiger partial charge in [0.2, 0.25) is 0 Å². The maximum absolute atomic E-state index is 10.6. The molecule has 0 saturated carbocycles. The molecule has 62 valence electrons. The lowest BCUT2D eigenvalue weighted by Gasteiger charge is -1.87. The average Bonchev–Trinajstić information content (AvgIpc) is 2.53. The van der Waals surface area contributed by atoms with Crippen LogP contribution in [0.25, 0.3) is 10.3 Å². The molecule has 0 aromatic carbocycles. The highest BCUT2D eigenvalue weighted by atomic mass is 79.9. The maximum atomic E-state index is 10.6. The van der Waals surface area contributed by atoms with Crippen LogP contribution in [0.5, 0.6) is 0 Å². The predicted octanol–water partition coefficient (Wildman–Crippen LogP) is 2.09. The predicted molar refractivity (Wildman–Crippen MR) is 48.6 cm³/mol. The van der Waals surface area contributed by atoms with Crippen molar-refractivity contribution in [2.45, 2.75) is 0 Å². The van der Waals surface area contributed by atoms with Crippen LogP contribution < -0.4 is 0 Å². The molecule has 0 amide bonds. The van der Waals surface area contributed by atoms with Crippen molar-refractivity contribution in [2.24, 2.45) is 0 Å². The fourth-order valence-corrected chi connectivity index (χ4v) is 2.32. The van der Waals surface area contributed by atoms with Gasteiger partial charge in [0.05, 0.1) is 9.98 Å². The number of aromatic carboxylic acids is 1. The number of nitrogens with one attached hydrogen (secondary N) is 1. The van der Waals surface area contributed by atoms with Gasteiger partial charge in [-0.15, -0.1) is 11.3 Å². The molecule has 0 aliphatic carbocycles. The van der Waals surface area contributed by atoms with Gasteiger partial charge >= 0.3 is 5.97 Å². The molecule has 0 aliphatic rings. The molecule has 2 heterocycles. The van der Waals surface area contributed by atoms with Gasteiger partial charge in [0.25, 0.3) is 0 Å². The number of hydrogen-bond donors (Lipinski definition) is 2. The molecule has 2 aromatic heterocycles. The molecule has 0 saturated heterocycles. The van der Waals surface area contributed by atoms with Gasteiger partial charge in [-0.2, -0.15) is 0 Å². The Morgan fingerprint density at radius 3 is 3.08 bits per heavy atom. The number of thiazole rings is 1. The minimum atomic E-state index is -0.980. The fraction of sp³-hybridized carbons (Fsp3) is 0. The maximum Gasteiger partial charge on any atom is 0.353 e. The lowest BCUT2D eigenvalue weighted by Crippen LogP contribution is -1.96. The highest BCUT2D eigenvalue weighted by Crippen LogP contribution is 2.28. The van der Waals surface area contributed by atoms with E-state index in [0.717, 1.165) is 4.83 Å². The largest absolute Gasteiger partial charge is 0.477 e. The van der Waals surface area contributed by atoms with Crippen LogP contribution in [-0.2, 0) is 0 Å². The smallest absolute Gasteiger partial charge is 0.353 e. The first-order chi connectivity index (χ1) is 5.70. The Labute approximate surface area is 79.4 Å².